The Hall–Kier alpha value is -2.13. The van der Waals surface area contributed by atoms with Crippen LogP contribution in [0.15, 0.2) is 24.3 Å². The van der Waals surface area contributed by atoms with Gasteiger partial charge in [-0.15, -0.1) is 22.6 Å². The van der Waals surface area contributed by atoms with Gasteiger partial charge in [0.2, 0.25) is 5.82 Å². The van der Waals surface area contributed by atoms with Gasteiger partial charge in [-0.3, -0.25) is 4.79 Å². The van der Waals surface area contributed by atoms with Crippen LogP contribution >= 0.6 is 12.4 Å². The predicted octanol–water partition coefficient (Wildman–Crippen LogP) is 1.83. The maximum Gasteiger partial charge on any atom is 0.451 e. The zero-order valence-electron chi connectivity index (χ0n) is 12.5. The van der Waals surface area contributed by atoms with Crippen LogP contribution in [0.25, 0.3) is 0 Å². The lowest BCUT2D eigenvalue weighted by atomic mass is 10.1. The standard InChI is InChI=1S/C14H14F3N5O.ClH/c15-14(16,17)13-20-19-11-8-21(5-6-22(11)13)12(23)10-3-1-9(7-18)2-4-10;/h1-4H,5-8,18H2;1H. The molecule has 130 valence electrons. The van der Waals surface area contributed by atoms with E-state index in [2.05, 4.69) is 10.2 Å². The quantitative estimate of drug-likeness (QED) is 0.885. The molecule has 0 aliphatic carbocycles. The number of alkyl halides is 3. The van der Waals surface area contributed by atoms with Crippen molar-refractivity contribution < 1.29 is 18.0 Å². The van der Waals surface area contributed by atoms with Crippen LogP contribution in [-0.2, 0) is 25.8 Å². The van der Waals surface area contributed by atoms with Crippen molar-refractivity contribution in [3.8, 4) is 0 Å². The summed E-state index contributed by atoms with van der Waals surface area (Å²) >= 11 is 0. The van der Waals surface area contributed by atoms with Gasteiger partial charge < -0.3 is 15.2 Å². The fraction of sp³-hybridized carbons (Fsp3) is 0.357. The molecule has 1 amide bonds. The van der Waals surface area contributed by atoms with Crippen molar-refractivity contribution in [1.82, 2.24) is 19.7 Å². The summed E-state index contributed by atoms with van der Waals surface area (Å²) in [6, 6.07) is 6.82. The molecule has 2 N–H and O–H groups in total. The molecule has 0 saturated heterocycles. The molecule has 0 spiro atoms. The van der Waals surface area contributed by atoms with Crippen LogP contribution in [0.2, 0.25) is 0 Å². The molecule has 24 heavy (non-hydrogen) atoms. The molecule has 0 unspecified atom stereocenters. The van der Waals surface area contributed by atoms with E-state index in [-0.39, 0.29) is 43.8 Å². The highest BCUT2D eigenvalue weighted by Gasteiger charge is 2.39. The third kappa shape index (κ3) is 3.36. The number of nitrogens with two attached hydrogens (primary N) is 1. The topological polar surface area (TPSA) is 77.0 Å². The highest BCUT2D eigenvalue weighted by Crippen LogP contribution is 2.29. The first-order valence-corrected chi connectivity index (χ1v) is 6.97. The number of nitrogens with zero attached hydrogens (tertiary/aromatic N) is 4. The van der Waals surface area contributed by atoms with Crippen molar-refractivity contribution >= 4 is 18.3 Å². The lowest BCUT2D eigenvalue weighted by molar-refractivity contribution is -0.147. The van der Waals surface area contributed by atoms with Gasteiger partial charge in [0.05, 0.1) is 6.54 Å². The average Bonchev–Trinajstić information content (AvgIpc) is 2.97. The third-order valence-corrected chi connectivity index (χ3v) is 3.73. The molecule has 0 bridgehead atoms. The largest absolute Gasteiger partial charge is 0.451 e. The number of rotatable bonds is 2. The van der Waals surface area contributed by atoms with E-state index in [1.807, 2.05) is 0 Å². The summed E-state index contributed by atoms with van der Waals surface area (Å²) < 4.78 is 39.4. The molecule has 1 aliphatic heterocycles. The summed E-state index contributed by atoms with van der Waals surface area (Å²) in [7, 11) is 0. The van der Waals surface area contributed by atoms with E-state index in [0.29, 0.717) is 12.1 Å². The summed E-state index contributed by atoms with van der Waals surface area (Å²) in [4.78, 5) is 13.9. The maximum atomic E-state index is 12.8. The molecular weight excluding hydrogens is 347 g/mol. The highest BCUT2D eigenvalue weighted by atomic mass is 35.5. The average molecular weight is 362 g/mol. The predicted molar refractivity (Wildman–Crippen MR) is 81.3 cm³/mol. The first-order chi connectivity index (χ1) is 10.9. The van der Waals surface area contributed by atoms with E-state index in [4.69, 9.17) is 5.73 Å². The van der Waals surface area contributed by atoms with Crippen molar-refractivity contribution in [2.24, 2.45) is 5.73 Å². The van der Waals surface area contributed by atoms with Gasteiger partial charge in [0, 0.05) is 25.2 Å². The van der Waals surface area contributed by atoms with Gasteiger partial charge in [-0.1, -0.05) is 12.1 Å². The van der Waals surface area contributed by atoms with E-state index in [9.17, 15) is 18.0 Å². The zero-order chi connectivity index (χ0) is 16.6. The minimum Gasteiger partial charge on any atom is -0.329 e. The van der Waals surface area contributed by atoms with E-state index in [1.165, 1.54) is 4.90 Å². The number of amides is 1. The number of fused-ring (bicyclic) bond motifs is 1. The van der Waals surface area contributed by atoms with Crippen LogP contribution in [0, 0.1) is 0 Å². The van der Waals surface area contributed by atoms with Crippen molar-refractivity contribution in [1.29, 1.82) is 0 Å². The van der Waals surface area contributed by atoms with Gasteiger partial charge in [-0.2, -0.15) is 13.2 Å². The van der Waals surface area contributed by atoms with Gasteiger partial charge in [0.25, 0.3) is 5.91 Å². The van der Waals surface area contributed by atoms with E-state index < -0.39 is 12.0 Å². The van der Waals surface area contributed by atoms with Crippen molar-refractivity contribution in [3.05, 3.63) is 47.0 Å². The Kier molecular flexibility index (Phi) is 5.14. The molecular formula is C14H15ClF3N5O. The van der Waals surface area contributed by atoms with E-state index >= 15 is 0 Å². The number of benzene rings is 1. The fourth-order valence-corrected chi connectivity index (χ4v) is 2.51. The van der Waals surface area contributed by atoms with Crippen molar-refractivity contribution in [2.45, 2.75) is 25.8 Å². The molecule has 6 nitrogen and oxygen atoms in total. The van der Waals surface area contributed by atoms with Gasteiger partial charge in [-0.25, -0.2) is 0 Å². The van der Waals surface area contributed by atoms with E-state index in [1.54, 1.807) is 24.3 Å². The molecule has 0 atom stereocenters. The lowest BCUT2D eigenvalue weighted by Crippen LogP contribution is -2.39. The second kappa shape index (κ2) is 6.78. The zero-order valence-corrected chi connectivity index (χ0v) is 13.3. The molecule has 10 heteroatoms. The Bertz CT molecular complexity index is 729. The SMILES string of the molecule is Cl.NCc1ccc(C(=O)N2CCn3c(nnc3C(F)(F)F)C2)cc1. The van der Waals surface area contributed by atoms with E-state index in [0.717, 1.165) is 10.1 Å². The number of halogens is 4. The summed E-state index contributed by atoms with van der Waals surface area (Å²) in [6.07, 6.45) is -4.55. The number of aromatic nitrogens is 3. The van der Waals surface area contributed by atoms with Gasteiger partial charge in [-0.05, 0) is 17.7 Å². The molecule has 0 radical (unpaired) electrons. The maximum absolute atomic E-state index is 12.8. The Morgan fingerprint density at radius 1 is 1.17 bits per heavy atom. The molecule has 0 saturated carbocycles. The van der Waals surface area contributed by atoms with Gasteiger partial charge >= 0.3 is 6.18 Å². The van der Waals surface area contributed by atoms with Crippen LogP contribution < -0.4 is 5.73 Å². The molecule has 1 aromatic carbocycles. The monoisotopic (exact) mass is 361 g/mol. The second-order valence-corrected chi connectivity index (χ2v) is 5.22. The Balaban J connectivity index is 0.00000208. The van der Waals surface area contributed by atoms with Crippen LogP contribution in [0.5, 0.6) is 0 Å². The second-order valence-electron chi connectivity index (χ2n) is 5.22. The molecule has 0 fully saturated rings. The normalized spacial score (nSPS) is 14.1. The number of carbonyl (C=O) groups is 1. The minimum absolute atomic E-state index is 0. The van der Waals surface area contributed by atoms with Crippen LogP contribution in [-0.4, -0.2) is 32.1 Å². The molecule has 1 aliphatic rings. The van der Waals surface area contributed by atoms with Crippen LogP contribution in [0.3, 0.4) is 0 Å². The summed E-state index contributed by atoms with van der Waals surface area (Å²) in [5, 5.41) is 6.75. The minimum atomic E-state index is -4.55. The van der Waals surface area contributed by atoms with Crippen molar-refractivity contribution in [2.75, 3.05) is 6.54 Å². The third-order valence-electron chi connectivity index (χ3n) is 3.73. The van der Waals surface area contributed by atoms with Crippen LogP contribution in [0.4, 0.5) is 13.2 Å². The number of hydrogen-bond acceptors (Lipinski definition) is 4. The Morgan fingerprint density at radius 2 is 1.83 bits per heavy atom. The molecule has 2 aromatic rings. The van der Waals surface area contributed by atoms with Gasteiger partial charge in [0.15, 0.2) is 5.82 Å². The van der Waals surface area contributed by atoms with Gasteiger partial charge in [0.1, 0.15) is 0 Å². The smallest absolute Gasteiger partial charge is 0.329 e. The summed E-state index contributed by atoms with van der Waals surface area (Å²) in [6.45, 7) is 0.567. The molecule has 3 rings (SSSR count). The highest BCUT2D eigenvalue weighted by molar-refractivity contribution is 5.94. The summed E-state index contributed by atoms with van der Waals surface area (Å²) in [5.74, 6) is -1.14. The lowest BCUT2D eigenvalue weighted by Gasteiger charge is -2.28. The van der Waals surface area contributed by atoms with Crippen molar-refractivity contribution in [3.63, 3.8) is 0 Å². The Labute approximate surface area is 141 Å². The summed E-state index contributed by atoms with van der Waals surface area (Å²) in [5.41, 5.74) is 6.87. The number of carbonyl (C=O) groups excluding carboxylic acids is 1. The first kappa shape index (κ1) is 18.2. The Morgan fingerprint density at radius 3 is 2.42 bits per heavy atom. The number of hydrogen-bond donors (Lipinski definition) is 1. The molecule has 1 aromatic heterocycles. The molecule has 2 heterocycles. The fourth-order valence-electron chi connectivity index (χ4n) is 2.51. The van der Waals surface area contributed by atoms with Crippen LogP contribution in [0.1, 0.15) is 27.6 Å². The first-order valence-electron chi connectivity index (χ1n) is 6.97.